The molecule has 3 aliphatic rings. The SMILES string of the molecule is Cc1ccc2c(c1C)N1c3c(ccc4c3N(c3c(C)cccc3C4(C)C)[C@H]1C)-c1ccccc1-2. The second-order valence-electron chi connectivity index (χ2n) is 10.8. The molecule has 2 heteroatoms. The smallest absolute Gasteiger partial charge is 0.108 e. The van der Waals surface area contributed by atoms with E-state index >= 15 is 0 Å². The summed E-state index contributed by atoms with van der Waals surface area (Å²) in [6.45, 7) is 14.0. The lowest BCUT2D eigenvalue weighted by atomic mass is 9.72. The molecule has 168 valence electrons. The lowest BCUT2D eigenvalue weighted by molar-refractivity contribution is 0.617. The van der Waals surface area contributed by atoms with Gasteiger partial charge in [-0.2, -0.15) is 0 Å². The Morgan fingerprint density at radius 1 is 0.559 bits per heavy atom. The molecule has 0 N–H and O–H groups in total. The Kier molecular flexibility index (Phi) is 3.70. The molecule has 34 heavy (non-hydrogen) atoms. The standard InChI is InChI=1S/C32H30N2/c1-18-14-15-24-22-11-7-8-12-23(22)25-16-17-27-31-30(25)34(29(24)20(18)3)21(4)33(31)28-19(2)10-9-13-26(28)32(27,5)6/h7-17,21H,1-6H3/t21-/m1/s1. The van der Waals surface area contributed by atoms with Crippen LogP contribution < -0.4 is 9.80 Å². The van der Waals surface area contributed by atoms with Crippen molar-refractivity contribution in [3.8, 4) is 22.3 Å². The van der Waals surface area contributed by atoms with Crippen LogP contribution in [0.2, 0.25) is 0 Å². The van der Waals surface area contributed by atoms with Crippen LogP contribution in [0, 0.1) is 20.8 Å². The van der Waals surface area contributed by atoms with Crippen molar-refractivity contribution in [2.24, 2.45) is 0 Å². The second-order valence-corrected chi connectivity index (χ2v) is 10.8. The number of nitrogens with zero attached hydrogens (tertiary/aromatic N) is 2. The molecule has 0 fully saturated rings. The highest BCUT2D eigenvalue weighted by Crippen LogP contribution is 2.64. The molecule has 3 heterocycles. The minimum Gasteiger partial charge on any atom is -0.318 e. The van der Waals surface area contributed by atoms with Crippen LogP contribution in [0.15, 0.2) is 66.7 Å². The maximum absolute atomic E-state index is 2.64. The zero-order chi connectivity index (χ0) is 23.5. The Labute approximate surface area is 202 Å². The first-order valence-corrected chi connectivity index (χ1v) is 12.4. The maximum atomic E-state index is 2.64. The van der Waals surface area contributed by atoms with Gasteiger partial charge in [-0.15, -0.1) is 0 Å². The fourth-order valence-electron chi connectivity index (χ4n) is 6.79. The molecule has 0 bridgehead atoms. The van der Waals surface area contributed by atoms with Crippen molar-refractivity contribution < 1.29 is 0 Å². The number of aryl methyl sites for hydroxylation is 2. The second kappa shape index (κ2) is 6.33. The predicted octanol–water partition coefficient (Wildman–Crippen LogP) is 8.53. The van der Waals surface area contributed by atoms with Gasteiger partial charge >= 0.3 is 0 Å². The summed E-state index contributed by atoms with van der Waals surface area (Å²) in [6.07, 6.45) is 0.180. The van der Waals surface area contributed by atoms with Crippen LogP contribution in [0.5, 0.6) is 0 Å². The molecule has 3 aliphatic heterocycles. The summed E-state index contributed by atoms with van der Waals surface area (Å²) < 4.78 is 0. The summed E-state index contributed by atoms with van der Waals surface area (Å²) in [5.41, 5.74) is 17.7. The van der Waals surface area contributed by atoms with Crippen LogP contribution in [-0.2, 0) is 5.41 Å². The van der Waals surface area contributed by atoms with Crippen molar-refractivity contribution >= 4 is 22.7 Å². The lowest BCUT2D eigenvalue weighted by Gasteiger charge is -2.42. The molecular formula is C32H30N2. The molecule has 0 aromatic heterocycles. The van der Waals surface area contributed by atoms with Crippen LogP contribution >= 0.6 is 0 Å². The Morgan fingerprint density at radius 3 is 1.91 bits per heavy atom. The lowest BCUT2D eigenvalue weighted by Crippen LogP contribution is -2.40. The van der Waals surface area contributed by atoms with Gasteiger partial charge in [0, 0.05) is 16.5 Å². The van der Waals surface area contributed by atoms with Crippen molar-refractivity contribution in [1.82, 2.24) is 0 Å². The van der Waals surface area contributed by atoms with Crippen LogP contribution in [-0.4, -0.2) is 6.17 Å². The molecular weight excluding hydrogens is 412 g/mol. The average Bonchev–Trinajstić information content (AvgIpc) is 3.04. The third-order valence-corrected chi connectivity index (χ3v) is 8.66. The fourth-order valence-corrected chi connectivity index (χ4v) is 6.79. The zero-order valence-electron chi connectivity index (χ0n) is 20.8. The van der Waals surface area contributed by atoms with Gasteiger partial charge in [-0.1, -0.05) is 80.6 Å². The van der Waals surface area contributed by atoms with E-state index in [4.69, 9.17) is 0 Å². The average molecular weight is 443 g/mol. The molecule has 0 radical (unpaired) electrons. The zero-order valence-corrected chi connectivity index (χ0v) is 20.8. The van der Waals surface area contributed by atoms with Gasteiger partial charge in [0.15, 0.2) is 0 Å². The van der Waals surface area contributed by atoms with E-state index < -0.39 is 0 Å². The predicted molar refractivity (Wildman–Crippen MR) is 144 cm³/mol. The summed E-state index contributed by atoms with van der Waals surface area (Å²) in [5, 5.41) is 0. The van der Waals surface area contributed by atoms with Crippen molar-refractivity contribution in [1.29, 1.82) is 0 Å². The van der Waals surface area contributed by atoms with E-state index in [0.717, 1.165) is 0 Å². The number of fused-ring (bicyclic) bond motifs is 7. The van der Waals surface area contributed by atoms with Crippen molar-refractivity contribution in [3.05, 3.63) is 94.5 Å². The summed E-state index contributed by atoms with van der Waals surface area (Å²) in [6, 6.07) is 25.2. The minimum atomic E-state index is -0.0613. The minimum absolute atomic E-state index is 0.0613. The monoisotopic (exact) mass is 442 g/mol. The van der Waals surface area contributed by atoms with E-state index in [9.17, 15) is 0 Å². The molecule has 0 amide bonds. The largest absolute Gasteiger partial charge is 0.318 e. The van der Waals surface area contributed by atoms with E-state index in [1.54, 1.807) is 0 Å². The van der Waals surface area contributed by atoms with Gasteiger partial charge < -0.3 is 9.80 Å². The van der Waals surface area contributed by atoms with E-state index in [1.165, 1.54) is 72.8 Å². The highest BCUT2D eigenvalue weighted by Gasteiger charge is 2.48. The Morgan fingerprint density at radius 2 is 1.18 bits per heavy atom. The molecule has 1 atom stereocenters. The molecule has 0 aliphatic carbocycles. The van der Waals surface area contributed by atoms with Crippen LogP contribution in [0.25, 0.3) is 22.3 Å². The summed E-state index contributed by atoms with van der Waals surface area (Å²) in [5.74, 6) is 0. The van der Waals surface area contributed by atoms with Crippen molar-refractivity contribution in [3.63, 3.8) is 0 Å². The van der Waals surface area contributed by atoms with Gasteiger partial charge in [-0.25, -0.2) is 0 Å². The van der Waals surface area contributed by atoms with E-state index in [1.807, 2.05) is 0 Å². The number of hydrogen-bond acceptors (Lipinski definition) is 2. The molecule has 4 aromatic rings. The first-order chi connectivity index (χ1) is 16.3. The Hall–Kier alpha value is -3.52. The topological polar surface area (TPSA) is 6.48 Å². The van der Waals surface area contributed by atoms with Gasteiger partial charge in [0.05, 0.1) is 22.7 Å². The highest BCUT2D eigenvalue weighted by molar-refractivity contribution is 6.09. The van der Waals surface area contributed by atoms with Crippen molar-refractivity contribution in [2.45, 2.75) is 53.1 Å². The number of rotatable bonds is 0. The summed E-state index contributed by atoms with van der Waals surface area (Å²) >= 11 is 0. The molecule has 7 rings (SSSR count). The molecule has 0 saturated carbocycles. The Bertz CT molecular complexity index is 1540. The van der Waals surface area contributed by atoms with E-state index in [2.05, 4.69) is 118 Å². The molecule has 2 nitrogen and oxygen atoms in total. The highest BCUT2D eigenvalue weighted by atomic mass is 15.4. The molecule has 0 saturated heterocycles. The molecule has 4 aromatic carbocycles. The van der Waals surface area contributed by atoms with Gasteiger partial charge in [0.25, 0.3) is 0 Å². The van der Waals surface area contributed by atoms with E-state index in [-0.39, 0.29) is 11.6 Å². The number of para-hydroxylation sites is 1. The molecule has 0 spiro atoms. The molecule has 0 unspecified atom stereocenters. The van der Waals surface area contributed by atoms with Gasteiger partial charge in [-0.3, -0.25) is 0 Å². The number of hydrogen-bond donors (Lipinski definition) is 0. The normalized spacial score (nSPS) is 18.1. The summed E-state index contributed by atoms with van der Waals surface area (Å²) in [7, 11) is 0. The van der Waals surface area contributed by atoms with Crippen LogP contribution in [0.1, 0.15) is 48.6 Å². The quantitative estimate of drug-likeness (QED) is 0.269. The Balaban J connectivity index is 1.69. The summed E-state index contributed by atoms with van der Waals surface area (Å²) in [4.78, 5) is 5.27. The fraction of sp³-hybridized carbons (Fsp3) is 0.250. The van der Waals surface area contributed by atoms with E-state index in [0.29, 0.717) is 0 Å². The number of benzene rings is 4. The maximum Gasteiger partial charge on any atom is 0.108 e. The third-order valence-electron chi connectivity index (χ3n) is 8.66. The third kappa shape index (κ3) is 2.17. The van der Waals surface area contributed by atoms with Gasteiger partial charge in [0.2, 0.25) is 0 Å². The van der Waals surface area contributed by atoms with Crippen LogP contribution in [0.3, 0.4) is 0 Å². The van der Waals surface area contributed by atoms with Crippen molar-refractivity contribution in [2.75, 3.05) is 9.80 Å². The van der Waals surface area contributed by atoms with Gasteiger partial charge in [-0.05, 0) is 66.6 Å². The van der Waals surface area contributed by atoms with Gasteiger partial charge in [0.1, 0.15) is 6.17 Å². The van der Waals surface area contributed by atoms with Crippen LogP contribution in [0.4, 0.5) is 22.7 Å². The first kappa shape index (κ1) is 19.9. The number of anilines is 4. The first-order valence-electron chi connectivity index (χ1n) is 12.4.